The maximum atomic E-state index is 11.7. The van der Waals surface area contributed by atoms with Crippen LogP contribution < -0.4 is 5.32 Å². The first kappa shape index (κ1) is 10.7. The van der Waals surface area contributed by atoms with Gasteiger partial charge >= 0.3 is 0 Å². The third-order valence-electron chi connectivity index (χ3n) is 3.02. The van der Waals surface area contributed by atoms with E-state index in [1.54, 1.807) is 0 Å². The molecule has 0 radical (unpaired) electrons. The first-order valence-electron chi connectivity index (χ1n) is 5.77. The Morgan fingerprint density at radius 3 is 3.06 bits per heavy atom. The number of aromatic amines is 1. The minimum Gasteiger partial charge on any atom is -0.361 e. The zero-order valence-electron chi connectivity index (χ0n) is 9.29. The predicted molar refractivity (Wildman–Crippen MR) is 68.2 cm³/mol. The van der Waals surface area contributed by atoms with Gasteiger partial charge in [0.25, 0.3) is 0 Å². The average Bonchev–Trinajstić information content (AvgIpc) is 3.01. The fourth-order valence-electron chi connectivity index (χ4n) is 1.98. The number of hydrogen-bond donors (Lipinski definition) is 2. The Morgan fingerprint density at radius 1 is 1.47 bits per heavy atom. The first-order chi connectivity index (χ1) is 8.22. The van der Waals surface area contributed by atoms with Gasteiger partial charge in [0.1, 0.15) is 0 Å². The fourth-order valence-corrected chi connectivity index (χ4v) is 2.16. The summed E-state index contributed by atoms with van der Waals surface area (Å²) in [6.07, 6.45) is 4.55. The van der Waals surface area contributed by atoms with Crippen molar-refractivity contribution in [2.45, 2.75) is 25.3 Å². The van der Waals surface area contributed by atoms with Crippen molar-refractivity contribution in [3.63, 3.8) is 0 Å². The Hall–Kier alpha value is -1.48. The molecule has 1 fully saturated rings. The quantitative estimate of drug-likeness (QED) is 0.862. The minimum atomic E-state index is 0.100. The number of carbonyl (C=O) groups excluding carboxylic acids is 1. The standard InChI is InChI=1S/C13H13ClN2O/c14-9-1-4-11-8(7-15-12(11)6-9)5-13(17)16-10-2-3-10/h1,4,6-7,10,15H,2-3,5H2,(H,16,17). The molecule has 1 aromatic carbocycles. The van der Waals surface area contributed by atoms with Gasteiger partial charge in [-0.05, 0) is 30.5 Å². The molecule has 2 N–H and O–H groups in total. The van der Waals surface area contributed by atoms with Crippen molar-refractivity contribution in [3.05, 3.63) is 35.0 Å². The van der Waals surface area contributed by atoms with Gasteiger partial charge in [-0.3, -0.25) is 4.79 Å². The van der Waals surface area contributed by atoms with E-state index in [2.05, 4.69) is 10.3 Å². The van der Waals surface area contributed by atoms with Crippen LogP contribution in [0, 0.1) is 0 Å². The lowest BCUT2D eigenvalue weighted by molar-refractivity contribution is -0.120. The predicted octanol–water partition coefficient (Wildman–Crippen LogP) is 2.64. The summed E-state index contributed by atoms with van der Waals surface area (Å²) in [7, 11) is 0. The third kappa shape index (κ3) is 2.29. The zero-order chi connectivity index (χ0) is 11.8. The van der Waals surface area contributed by atoms with Crippen molar-refractivity contribution in [3.8, 4) is 0 Å². The molecule has 2 aromatic rings. The van der Waals surface area contributed by atoms with Crippen LogP contribution in [0.2, 0.25) is 5.02 Å². The van der Waals surface area contributed by atoms with E-state index >= 15 is 0 Å². The van der Waals surface area contributed by atoms with Gasteiger partial charge in [0.2, 0.25) is 5.91 Å². The molecule has 0 aliphatic heterocycles. The van der Waals surface area contributed by atoms with E-state index in [-0.39, 0.29) is 5.91 Å². The molecular formula is C13H13ClN2O. The van der Waals surface area contributed by atoms with E-state index in [1.165, 1.54) is 0 Å². The van der Waals surface area contributed by atoms with Crippen molar-refractivity contribution >= 4 is 28.4 Å². The van der Waals surface area contributed by atoms with Crippen molar-refractivity contribution in [2.75, 3.05) is 0 Å². The lowest BCUT2D eigenvalue weighted by Crippen LogP contribution is -2.26. The summed E-state index contributed by atoms with van der Waals surface area (Å²) < 4.78 is 0. The van der Waals surface area contributed by atoms with Crippen LogP contribution in [0.5, 0.6) is 0 Å². The Balaban J connectivity index is 1.82. The summed E-state index contributed by atoms with van der Waals surface area (Å²) in [6, 6.07) is 6.09. The number of nitrogens with one attached hydrogen (secondary N) is 2. The summed E-state index contributed by atoms with van der Waals surface area (Å²) in [5.74, 6) is 0.100. The molecule has 0 unspecified atom stereocenters. The van der Waals surface area contributed by atoms with E-state index in [9.17, 15) is 4.79 Å². The van der Waals surface area contributed by atoms with Crippen LogP contribution in [0.15, 0.2) is 24.4 Å². The number of fused-ring (bicyclic) bond motifs is 1. The number of benzene rings is 1. The smallest absolute Gasteiger partial charge is 0.224 e. The van der Waals surface area contributed by atoms with Gasteiger partial charge < -0.3 is 10.3 Å². The SMILES string of the molecule is O=C(Cc1c[nH]c2cc(Cl)ccc12)NC1CC1. The van der Waals surface area contributed by atoms with Crippen molar-refractivity contribution in [1.29, 1.82) is 0 Å². The molecule has 1 heterocycles. The van der Waals surface area contributed by atoms with E-state index in [1.807, 2.05) is 24.4 Å². The molecule has 1 amide bonds. The third-order valence-corrected chi connectivity index (χ3v) is 3.26. The highest BCUT2D eigenvalue weighted by Crippen LogP contribution is 2.23. The monoisotopic (exact) mass is 248 g/mol. The molecule has 17 heavy (non-hydrogen) atoms. The maximum absolute atomic E-state index is 11.7. The topological polar surface area (TPSA) is 44.9 Å². The summed E-state index contributed by atoms with van der Waals surface area (Å²) in [4.78, 5) is 14.9. The Kier molecular flexibility index (Phi) is 2.56. The number of rotatable bonds is 3. The van der Waals surface area contributed by atoms with Crippen LogP contribution in [0.25, 0.3) is 10.9 Å². The molecule has 1 aliphatic rings. The fraction of sp³-hybridized carbons (Fsp3) is 0.308. The Labute approximate surface area is 104 Å². The lowest BCUT2D eigenvalue weighted by atomic mass is 10.1. The number of hydrogen-bond acceptors (Lipinski definition) is 1. The second-order valence-electron chi connectivity index (χ2n) is 4.52. The van der Waals surface area contributed by atoms with Gasteiger partial charge in [-0.15, -0.1) is 0 Å². The van der Waals surface area contributed by atoms with E-state index < -0.39 is 0 Å². The summed E-state index contributed by atoms with van der Waals surface area (Å²) >= 11 is 5.91. The van der Waals surface area contributed by atoms with Gasteiger partial charge in [-0.2, -0.15) is 0 Å². The highest BCUT2D eigenvalue weighted by Gasteiger charge is 2.23. The van der Waals surface area contributed by atoms with Gasteiger partial charge in [0.05, 0.1) is 6.42 Å². The van der Waals surface area contributed by atoms with Crippen molar-refractivity contribution < 1.29 is 4.79 Å². The average molecular weight is 249 g/mol. The second-order valence-corrected chi connectivity index (χ2v) is 4.96. The highest BCUT2D eigenvalue weighted by molar-refractivity contribution is 6.31. The molecule has 1 aliphatic carbocycles. The summed E-state index contributed by atoms with van der Waals surface area (Å²) in [5.41, 5.74) is 2.00. The molecular weight excluding hydrogens is 236 g/mol. The van der Waals surface area contributed by atoms with Gasteiger partial charge in [0.15, 0.2) is 0 Å². The molecule has 1 aromatic heterocycles. The Morgan fingerprint density at radius 2 is 2.29 bits per heavy atom. The molecule has 0 spiro atoms. The van der Waals surface area contributed by atoms with Crippen LogP contribution in [0.1, 0.15) is 18.4 Å². The van der Waals surface area contributed by atoms with Crippen LogP contribution >= 0.6 is 11.6 Å². The normalized spacial score (nSPS) is 15.1. The molecule has 0 atom stereocenters. The molecule has 3 nitrogen and oxygen atoms in total. The van der Waals surface area contributed by atoms with Crippen molar-refractivity contribution in [1.82, 2.24) is 10.3 Å². The number of H-pyrrole nitrogens is 1. The van der Waals surface area contributed by atoms with Gasteiger partial charge in [0, 0.05) is 28.2 Å². The number of carbonyl (C=O) groups is 1. The molecule has 1 saturated carbocycles. The number of halogens is 1. The van der Waals surface area contributed by atoms with E-state index in [4.69, 9.17) is 11.6 Å². The van der Waals surface area contributed by atoms with E-state index in [0.717, 1.165) is 29.3 Å². The molecule has 3 rings (SSSR count). The van der Waals surface area contributed by atoms with Crippen LogP contribution in [-0.2, 0) is 11.2 Å². The maximum Gasteiger partial charge on any atom is 0.224 e. The van der Waals surface area contributed by atoms with Crippen molar-refractivity contribution in [2.24, 2.45) is 0 Å². The van der Waals surface area contributed by atoms with Crippen LogP contribution in [-0.4, -0.2) is 16.9 Å². The minimum absolute atomic E-state index is 0.100. The molecule has 0 saturated heterocycles. The molecule has 88 valence electrons. The molecule has 0 bridgehead atoms. The zero-order valence-corrected chi connectivity index (χ0v) is 10.1. The second kappa shape index (κ2) is 4.08. The highest BCUT2D eigenvalue weighted by atomic mass is 35.5. The number of amides is 1. The summed E-state index contributed by atoms with van der Waals surface area (Å²) in [6.45, 7) is 0. The lowest BCUT2D eigenvalue weighted by Gasteiger charge is -2.02. The number of aromatic nitrogens is 1. The van der Waals surface area contributed by atoms with Crippen LogP contribution in [0.4, 0.5) is 0 Å². The van der Waals surface area contributed by atoms with Crippen LogP contribution in [0.3, 0.4) is 0 Å². The molecule has 4 heteroatoms. The van der Waals surface area contributed by atoms with Gasteiger partial charge in [-0.1, -0.05) is 17.7 Å². The largest absolute Gasteiger partial charge is 0.361 e. The van der Waals surface area contributed by atoms with E-state index in [0.29, 0.717) is 17.5 Å². The van der Waals surface area contributed by atoms with Gasteiger partial charge in [-0.25, -0.2) is 0 Å². The Bertz CT molecular complexity index is 572. The first-order valence-corrected chi connectivity index (χ1v) is 6.15. The summed E-state index contributed by atoms with van der Waals surface area (Å²) in [5, 5.41) is 4.76.